The number of hydrogen-bond acceptors (Lipinski definition) is 1. The van der Waals surface area contributed by atoms with E-state index in [1.54, 1.807) is 0 Å². The van der Waals surface area contributed by atoms with Gasteiger partial charge in [0.15, 0.2) is 18.9 Å². The van der Waals surface area contributed by atoms with E-state index >= 15 is 0 Å². The predicted octanol–water partition coefficient (Wildman–Crippen LogP) is -0.425. The SMILES string of the molecule is [Br-].c1ccc(C[n+]2ccc3ncccc3c2)cc1. The average Bonchev–Trinajstić information content (AvgIpc) is 2.40. The molecule has 2 heterocycles. The van der Waals surface area contributed by atoms with Crippen LogP contribution in [0.4, 0.5) is 0 Å². The molecule has 2 nitrogen and oxygen atoms in total. The van der Waals surface area contributed by atoms with Gasteiger partial charge in [0.05, 0.1) is 10.9 Å². The third kappa shape index (κ3) is 2.74. The van der Waals surface area contributed by atoms with Gasteiger partial charge in [-0.05, 0) is 12.1 Å². The van der Waals surface area contributed by atoms with Crippen molar-refractivity contribution in [2.45, 2.75) is 6.54 Å². The Bertz CT molecular complexity index is 638. The molecule has 0 unspecified atom stereocenters. The normalized spacial score (nSPS) is 10.0. The van der Waals surface area contributed by atoms with Gasteiger partial charge in [0.25, 0.3) is 0 Å². The lowest BCUT2D eigenvalue weighted by Crippen LogP contribution is -3.00. The summed E-state index contributed by atoms with van der Waals surface area (Å²) in [5, 5.41) is 1.17. The maximum Gasteiger partial charge on any atom is 0.178 e. The minimum absolute atomic E-state index is 0. The van der Waals surface area contributed by atoms with Gasteiger partial charge in [-0.3, -0.25) is 4.98 Å². The lowest BCUT2D eigenvalue weighted by Gasteiger charge is -1.99. The lowest BCUT2D eigenvalue weighted by atomic mass is 10.2. The van der Waals surface area contributed by atoms with Crippen molar-refractivity contribution in [2.75, 3.05) is 0 Å². The van der Waals surface area contributed by atoms with Crippen molar-refractivity contribution >= 4 is 10.9 Å². The van der Waals surface area contributed by atoms with Crippen LogP contribution in [0.5, 0.6) is 0 Å². The molecule has 0 aliphatic heterocycles. The summed E-state index contributed by atoms with van der Waals surface area (Å²) in [5.41, 5.74) is 2.34. The molecule has 0 saturated carbocycles. The average molecular weight is 301 g/mol. The van der Waals surface area contributed by atoms with Crippen LogP contribution in [-0.4, -0.2) is 4.98 Å². The summed E-state index contributed by atoms with van der Waals surface area (Å²) in [6.07, 6.45) is 6.03. The first-order chi connectivity index (χ1) is 8.42. The number of aromatic nitrogens is 2. The second kappa shape index (κ2) is 5.74. The molecule has 0 saturated heterocycles. The standard InChI is InChI=1S/C15H13N2.BrH/c1-2-5-13(6-3-1)11-17-10-8-15-14(12-17)7-4-9-16-15;/h1-10,12H,11H2;1H/q+1;/p-1. The molecule has 0 aliphatic carbocycles. The Morgan fingerprint density at radius 2 is 1.78 bits per heavy atom. The van der Waals surface area contributed by atoms with Crippen LogP contribution < -0.4 is 21.5 Å². The van der Waals surface area contributed by atoms with Gasteiger partial charge < -0.3 is 17.0 Å². The zero-order valence-corrected chi connectivity index (χ0v) is 11.4. The Morgan fingerprint density at radius 1 is 0.944 bits per heavy atom. The fourth-order valence-electron chi connectivity index (χ4n) is 1.96. The van der Waals surface area contributed by atoms with Crippen LogP contribution in [0.3, 0.4) is 0 Å². The maximum atomic E-state index is 4.32. The highest BCUT2D eigenvalue weighted by Gasteiger charge is 2.04. The smallest absolute Gasteiger partial charge is 0.178 e. The summed E-state index contributed by atoms with van der Waals surface area (Å²) in [7, 11) is 0. The summed E-state index contributed by atoms with van der Waals surface area (Å²) < 4.78 is 2.18. The first-order valence-electron chi connectivity index (χ1n) is 5.69. The van der Waals surface area contributed by atoms with Crippen LogP contribution in [0.15, 0.2) is 67.1 Å². The van der Waals surface area contributed by atoms with E-state index in [0.717, 1.165) is 12.1 Å². The van der Waals surface area contributed by atoms with Crippen molar-refractivity contribution in [2.24, 2.45) is 0 Å². The van der Waals surface area contributed by atoms with Crippen molar-refractivity contribution in [1.82, 2.24) is 4.98 Å². The zero-order valence-electron chi connectivity index (χ0n) is 9.83. The van der Waals surface area contributed by atoms with Crippen LogP contribution in [0.2, 0.25) is 0 Å². The van der Waals surface area contributed by atoms with E-state index in [9.17, 15) is 0 Å². The largest absolute Gasteiger partial charge is 1.00 e. The summed E-state index contributed by atoms with van der Waals surface area (Å²) in [6.45, 7) is 0.895. The molecule has 0 radical (unpaired) electrons. The van der Waals surface area contributed by atoms with E-state index in [0.29, 0.717) is 0 Å². The third-order valence-corrected chi connectivity index (χ3v) is 2.81. The van der Waals surface area contributed by atoms with Crippen molar-refractivity contribution in [3.63, 3.8) is 0 Å². The summed E-state index contributed by atoms with van der Waals surface area (Å²) in [6, 6.07) is 16.6. The highest BCUT2D eigenvalue weighted by Crippen LogP contribution is 2.06. The zero-order chi connectivity index (χ0) is 11.5. The third-order valence-electron chi connectivity index (χ3n) is 2.81. The fourth-order valence-corrected chi connectivity index (χ4v) is 1.96. The van der Waals surface area contributed by atoms with Gasteiger partial charge in [-0.2, -0.15) is 0 Å². The fraction of sp³-hybridized carbons (Fsp3) is 0.0667. The number of benzene rings is 1. The predicted molar refractivity (Wildman–Crippen MR) is 67.5 cm³/mol. The summed E-state index contributed by atoms with van der Waals surface area (Å²) >= 11 is 0. The molecule has 3 aromatic rings. The molecular weight excluding hydrogens is 288 g/mol. The molecule has 90 valence electrons. The number of hydrogen-bond donors (Lipinski definition) is 0. The van der Waals surface area contributed by atoms with Crippen molar-refractivity contribution < 1.29 is 21.5 Å². The minimum atomic E-state index is 0. The lowest BCUT2D eigenvalue weighted by molar-refractivity contribution is -0.687. The molecule has 0 N–H and O–H groups in total. The Kier molecular flexibility index (Phi) is 4.05. The molecule has 0 aliphatic rings. The van der Waals surface area contributed by atoms with Gasteiger partial charge in [-0.15, -0.1) is 0 Å². The summed E-state index contributed by atoms with van der Waals surface area (Å²) in [5.74, 6) is 0. The molecule has 0 amide bonds. The van der Waals surface area contributed by atoms with Gasteiger partial charge in [-0.1, -0.05) is 30.3 Å². The first-order valence-corrected chi connectivity index (χ1v) is 5.69. The van der Waals surface area contributed by atoms with Gasteiger partial charge >= 0.3 is 0 Å². The maximum absolute atomic E-state index is 4.32. The molecule has 0 bridgehead atoms. The van der Waals surface area contributed by atoms with Gasteiger partial charge in [-0.25, -0.2) is 4.57 Å². The summed E-state index contributed by atoms with van der Waals surface area (Å²) in [4.78, 5) is 4.32. The molecule has 0 atom stereocenters. The Balaban J connectivity index is 0.00000120. The van der Waals surface area contributed by atoms with Gasteiger partial charge in [0.2, 0.25) is 0 Å². The van der Waals surface area contributed by atoms with E-state index in [1.165, 1.54) is 10.9 Å². The highest BCUT2D eigenvalue weighted by molar-refractivity contribution is 5.75. The van der Waals surface area contributed by atoms with Crippen molar-refractivity contribution in [1.29, 1.82) is 0 Å². The number of rotatable bonds is 2. The van der Waals surface area contributed by atoms with Crippen LogP contribution in [0.25, 0.3) is 10.9 Å². The minimum Gasteiger partial charge on any atom is -1.00 e. The Morgan fingerprint density at radius 3 is 2.61 bits per heavy atom. The molecule has 0 fully saturated rings. The van der Waals surface area contributed by atoms with Crippen LogP contribution >= 0.6 is 0 Å². The van der Waals surface area contributed by atoms with Crippen molar-refractivity contribution in [3.05, 3.63) is 72.7 Å². The second-order valence-corrected chi connectivity index (χ2v) is 4.08. The van der Waals surface area contributed by atoms with E-state index in [2.05, 4.69) is 58.3 Å². The van der Waals surface area contributed by atoms with E-state index in [1.807, 2.05) is 18.3 Å². The van der Waals surface area contributed by atoms with Crippen LogP contribution in [0, 0.1) is 0 Å². The quantitative estimate of drug-likeness (QED) is 0.587. The molecule has 3 rings (SSSR count). The Labute approximate surface area is 117 Å². The van der Waals surface area contributed by atoms with Gasteiger partial charge in [0.1, 0.15) is 0 Å². The number of fused-ring (bicyclic) bond motifs is 1. The molecule has 1 aromatic carbocycles. The van der Waals surface area contributed by atoms with E-state index in [-0.39, 0.29) is 17.0 Å². The van der Waals surface area contributed by atoms with Crippen LogP contribution in [0.1, 0.15) is 5.56 Å². The second-order valence-electron chi connectivity index (χ2n) is 4.08. The molecule has 0 spiro atoms. The molecular formula is C15H13BrN2. The van der Waals surface area contributed by atoms with Crippen molar-refractivity contribution in [3.8, 4) is 0 Å². The number of nitrogens with zero attached hydrogens (tertiary/aromatic N) is 2. The van der Waals surface area contributed by atoms with E-state index in [4.69, 9.17) is 0 Å². The monoisotopic (exact) mass is 300 g/mol. The number of pyridine rings is 2. The van der Waals surface area contributed by atoms with Crippen LogP contribution in [-0.2, 0) is 6.54 Å². The van der Waals surface area contributed by atoms with E-state index < -0.39 is 0 Å². The molecule has 3 heteroatoms. The first kappa shape index (κ1) is 12.7. The number of halogens is 1. The topological polar surface area (TPSA) is 16.8 Å². The molecule has 2 aromatic heterocycles. The van der Waals surface area contributed by atoms with Gasteiger partial charge in [0, 0.05) is 17.8 Å². The Hall–Kier alpha value is -1.74. The highest BCUT2D eigenvalue weighted by atomic mass is 79.9. The molecule has 18 heavy (non-hydrogen) atoms.